The van der Waals surface area contributed by atoms with Crippen molar-refractivity contribution < 1.29 is 31.1 Å². The van der Waals surface area contributed by atoms with E-state index in [4.69, 9.17) is 4.74 Å². The van der Waals surface area contributed by atoms with Crippen molar-refractivity contribution in [2.75, 3.05) is 18.6 Å². The summed E-state index contributed by atoms with van der Waals surface area (Å²) in [6, 6.07) is 7.98. The van der Waals surface area contributed by atoms with E-state index in [1.54, 1.807) is 25.4 Å². The van der Waals surface area contributed by atoms with Gasteiger partial charge in [-0.2, -0.15) is 4.90 Å². The largest absolute Gasteiger partial charge is 1.00 e. The van der Waals surface area contributed by atoms with Crippen LogP contribution >= 0.6 is 11.3 Å². The molecule has 20 heavy (non-hydrogen) atoms. The number of carbonyl (C=O) groups excluding carboxylic acids is 1. The molecule has 1 aromatic heterocycles. The molecule has 1 amide bonds. The zero-order chi connectivity index (χ0) is 13.4. The van der Waals surface area contributed by atoms with E-state index >= 15 is 0 Å². The maximum atomic E-state index is 11.5. The summed E-state index contributed by atoms with van der Waals surface area (Å²) in [4.78, 5) is 14.5. The fourth-order valence-electron chi connectivity index (χ4n) is 2.23. The highest BCUT2D eigenvalue weighted by Gasteiger charge is 2.34. The van der Waals surface area contributed by atoms with Gasteiger partial charge in [-0.3, -0.25) is 0 Å². The molecule has 0 atom stereocenters. The van der Waals surface area contributed by atoms with E-state index in [9.17, 15) is 4.79 Å². The minimum Gasteiger partial charge on any atom is -1.00 e. The average molecular weight is 355 g/mol. The van der Waals surface area contributed by atoms with Crippen molar-refractivity contribution in [1.29, 1.82) is 0 Å². The van der Waals surface area contributed by atoms with Crippen LogP contribution in [0.1, 0.15) is 6.92 Å². The number of hydrogen-bond acceptors (Lipinski definition) is 3. The Bertz CT molecular complexity index is 625. The summed E-state index contributed by atoms with van der Waals surface area (Å²) in [7, 11) is 1.66. The molecule has 4 nitrogen and oxygen atoms in total. The molecule has 0 radical (unpaired) electrons. The third-order valence-electron chi connectivity index (χ3n) is 3.27. The summed E-state index contributed by atoms with van der Waals surface area (Å²) in [6.45, 7) is 3.27. The lowest BCUT2D eigenvalue weighted by atomic mass is 10.2. The zero-order valence-electron chi connectivity index (χ0n) is 11.3. The Hall–Kier alpha value is -1.40. The number of aromatic nitrogens is 1. The molecule has 0 spiro atoms. The number of nitrogens with zero attached hydrogens (tertiary/aromatic N) is 2. The zero-order valence-corrected chi connectivity index (χ0v) is 13.7. The van der Waals surface area contributed by atoms with Gasteiger partial charge in [-0.15, -0.1) is 0 Å². The molecule has 1 aromatic carbocycles. The minimum absolute atomic E-state index is 0. The first-order chi connectivity index (χ1) is 9.19. The Morgan fingerprint density at radius 2 is 2.05 bits per heavy atom. The predicted octanol–water partition coefficient (Wildman–Crippen LogP) is -0.918. The van der Waals surface area contributed by atoms with Crippen LogP contribution < -0.4 is 31.2 Å². The van der Waals surface area contributed by atoms with Gasteiger partial charge in [-0.1, -0.05) is 0 Å². The third kappa shape index (κ3) is 2.58. The molecule has 3 rings (SSSR count). The fourth-order valence-corrected chi connectivity index (χ4v) is 3.46. The van der Waals surface area contributed by atoms with Crippen molar-refractivity contribution in [3.63, 3.8) is 0 Å². The Morgan fingerprint density at radius 1 is 1.35 bits per heavy atom. The van der Waals surface area contributed by atoms with Crippen LogP contribution in [0.25, 0.3) is 10.4 Å². The topological polar surface area (TPSA) is 33.4 Å². The highest BCUT2D eigenvalue weighted by Crippen LogP contribution is 2.32. The third-order valence-corrected chi connectivity index (χ3v) is 4.47. The second-order valence-electron chi connectivity index (χ2n) is 4.47. The molecule has 0 N–H and O–H groups in total. The number of halogens is 1. The Balaban J connectivity index is 0.00000147. The van der Waals surface area contributed by atoms with Gasteiger partial charge < -0.3 is 21.7 Å². The number of amides is 1. The SMILES string of the molecule is COc1ccc(-c2c[n+]3c(s2)N(C(C)=O)CC3)cc1.[Br-]. The molecular formula is C14H15BrN2O2S. The summed E-state index contributed by atoms with van der Waals surface area (Å²) >= 11 is 1.65. The van der Waals surface area contributed by atoms with Crippen LogP contribution in [0.3, 0.4) is 0 Å². The maximum Gasteiger partial charge on any atom is 0.344 e. The van der Waals surface area contributed by atoms with Gasteiger partial charge in [-0.25, -0.2) is 9.36 Å². The second-order valence-corrected chi connectivity index (χ2v) is 5.48. The van der Waals surface area contributed by atoms with E-state index in [-0.39, 0.29) is 22.9 Å². The molecule has 0 aliphatic carbocycles. The standard InChI is InChI=1S/C14H15N2O2S.BrH/c1-10(17)16-8-7-15-9-13(19-14(15)16)11-3-5-12(18-2)6-4-11;/h3-6,9H,7-8H2,1-2H3;1H/q+1;/p-1. The molecule has 1 aliphatic heterocycles. The van der Waals surface area contributed by atoms with E-state index < -0.39 is 0 Å². The summed E-state index contributed by atoms with van der Waals surface area (Å²) in [5.74, 6) is 0.959. The highest BCUT2D eigenvalue weighted by molar-refractivity contribution is 7.18. The minimum atomic E-state index is 0. The van der Waals surface area contributed by atoms with Crippen molar-refractivity contribution in [3.8, 4) is 16.2 Å². The van der Waals surface area contributed by atoms with Crippen LogP contribution in [0.15, 0.2) is 30.5 Å². The number of benzene rings is 1. The van der Waals surface area contributed by atoms with E-state index in [1.165, 1.54) is 4.88 Å². The van der Waals surface area contributed by atoms with Crippen molar-refractivity contribution in [2.24, 2.45) is 0 Å². The summed E-state index contributed by atoms with van der Waals surface area (Å²) in [6.07, 6.45) is 2.12. The normalized spacial score (nSPS) is 12.8. The van der Waals surface area contributed by atoms with Gasteiger partial charge in [0.15, 0.2) is 0 Å². The van der Waals surface area contributed by atoms with Crippen LogP contribution in [0, 0.1) is 0 Å². The van der Waals surface area contributed by atoms with E-state index in [0.29, 0.717) is 0 Å². The lowest BCUT2D eigenvalue weighted by molar-refractivity contribution is -0.666. The summed E-state index contributed by atoms with van der Waals surface area (Å²) in [5, 5.41) is 1.03. The van der Waals surface area contributed by atoms with Crippen molar-refractivity contribution in [2.45, 2.75) is 13.5 Å². The molecular weight excluding hydrogens is 340 g/mol. The van der Waals surface area contributed by atoms with Crippen LogP contribution in [-0.4, -0.2) is 19.6 Å². The number of hydrogen-bond donors (Lipinski definition) is 0. The number of anilines is 1. The smallest absolute Gasteiger partial charge is 0.344 e. The monoisotopic (exact) mass is 354 g/mol. The molecule has 0 saturated carbocycles. The van der Waals surface area contributed by atoms with E-state index in [0.717, 1.165) is 29.5 Å². The fraction of sp³-hybridized carbons (Fsp3) is 0.286. The first kappa shape index (κ1) is 15.0. The molecule has 0 unspecified atom stereocenters. The molecule has 2 aromatic rings. The van der Waals surface area contributed by atoms with Crippen LogP contribution in [0.5, 0.6) is 5.75 Å². The predicted molar refractivity (Wildman–Crippen MR) is 74.5 cm³/mol. The maximum absolute atomic E-state index is 11.5. The van der Waals surface area contributed by atoms with Gasteiger partial charge in [-0.05, 0) is 41.2 Å². The van der Waals surface area contributed by atoms with Crippen molar-refractivity contribution in [3.05, 3.63) is 30.5 Å². The Morgan fingerprint density at radius 3 is 2.65 bits per heavy atom. The van der Waals surface area contributed by atoms with Crippen molar-refractivity contribution in [1.82, 2.24) is 0 Å². The average Bonchev–Trinajstić information content (AvgIpc) is 2.98. The molecule has 0 fully saturated rings. The Kier molecular flexibility index (Phi) is 4.45. The van der Waals surface area contributed by atoms with Crippen molar-refractivity contribution >= 4 is 22.4 Å². The molecule has 6 heteroatoms. The van der Waals surface area contributed by atoms with E-state index in [1.807, 2.05) is 29.2 Å². The van der Waals surface area contributed by atoms with Crippen LogP contribution in [0.4, 0.5) is 5.13 Å². The molecule has 0 saturated heterocycles. The summed E-state index contributed by atoms with van der Waals surface area (Å²) < 4.78 is 7.30. The lowest BCUT2D eigenvalue weighted by Gasteiger charge is -2.02. The first-order valence-electron chi connectivity index (χ1n) is 6.15. The highest BCUT2D eigenvalue weighted by atomic mass is 79.9. The first-order valence-corrected chi connectivity index (χ1v) is 6.96. The van der Waals surface area contributed by atoms with Gasteiger partial charge in [0.1, 0.15) is 25.0 Å². The lowest BCUT2D eigenvalue weighted by Crippen LogP contribution is -3.00. The molecule has 0 bridgehead atoms. The quantitative estimate of drug-likeness (QED) is 0.653. The van der Waals surface area contributed by atoms with Gasteiger partial charge >= 0.3 is 11.0 Å². The molecule has 2 heterocycles. The number of rotatable bonds is 2. The van der Waals surface area contributed by atoms with Crippen LogP contribution in [-0.2, 0) is 11.3 Å². The van der Waals surface area contributed by atoms with Gasteiger partial charge in [0.2, 0.25) is 0 Å². The number of carbonyl (C=O) groups is 1. The van der Waals surface area contributed by atoms with Gasteiger partial charge in [0.25, 0.3) is 0 Å². The number of methoxy groups -OCH3 is 1. The molecule has 1 aliphatic rings. The van der Waals surface area contributed by atoms with Gasteiger partial charge in [0, 0.05) is 6.92 Å². The summed E-state index contributed by atoms with van der Waals surface area (Å²) in [5.41, 5.74) is 1.15. The van der Waals surface area contributed by atoms with E-state index in [2.05, 4.69) is 10.8 Å². The number of fused-ring (bicyclic) bond motifs is 1. The Labute approximate surface area is 132 Å². The van der Waals surface area contributed by atoms with Gasteiger partial charge in [0.05, 0.1) is 12.0 Å². The molecule has 106 valence electrons. The van der Waals surface area contributed by atoms with Crippen LogP contribution in [0.2, 0.25) is 0 Å². The second kappa shape index (κ2) is 5.93. The number of ether oxygens (including phenoxy) is 1. The number of thiazole rings is 1.